The number of ketones is 1. The zero-order valence-corrected chi connectivity index (χ0v) is 9.57. The third kappa shape index (κ3) is 2.08. The molecule has 17 heavy (non-hydrogen) atoms. The van der Waals surface area contributed by atoms with Crippen molar-refractivity contribution in [2.75, 3.05) is 0 Å². The number of hydrogen-bond acceptors (Lipinski definition) is 3. The van der Waals surface area contributed by atoms with Gasteiger partial charge in [0.2, 0.25) is 0 Å². The first-order valence-electron chi connectivity index (χ1n) is 5.18. The van der Waals surface area contributed by atoms with Crippen LogP contribution in [0.2, 0.25) is 0 Å². The van der Waals surface area contributed by atoms with Crippen LogP contribution in [0.4, 0.5) is 4.39 Å². The van der Waals surface area contributed by atoms with Crippen LogP contribution in [-0.2, 0) is 5.41 Å². The molecule has 0 saturated carbocycles. The summed E-state index contributed by atoms with van der Waals surface area (Å²) in [6.07, 6.45) is 1.36. The second-order valence-corrected chi connectivity index (χ2v) is 4.30. The van der Waals surface area contributed by atoms with Gasteiger partial charge in [0.15, 0.2) is 5.78 Å². The molecular formula is C12H12FN3O. The van der Waals surface area contributed by atoms with E-state index in [9.17, 15) is 9.18 Å². The van der Waals surface area contributed by atoms with Gasteiger partial charge in [-0.05, 0) is 38.1 Å². The minimum atomic E-state index is -0.811. The van der Waals surface area contributed by atoms with E-state index >= 15 is 0 Å². The van der Waals surface area contributed by atoms with Crippen LogP contribution in [0.15, 0.2) is 30.6 Å². The third-order valence-electron chi connectivity index (χ3n) is 2.68. The lowest BCUT2D eigenvalue weighted by Gasteiger charge is -2.19. The molecule has 1 heterocycles. The number of aromatic amines is 1. The van der Waals surface area contributed by atoms with E-state index in [4.69, 9.17) is 0 Å². The molecule has 2 aromatic rings. The molecule has 0 saturated heterocycles. The molecule has 0 radical (unpaired) electrons. The molecule has 0 fully saturated rings. The Hall–Kier alpha value is -2.04. The lowest BCUT2D eigenvalue weighted by Crippen LogP contribution is -2.30. The Morgan fingerprint density at radius 2 is 1.94 bits per heavy atom. The van der Waals surface area contributed by atoms with Crippen LogP contribution in [0, 0.1) is 5.82 Å². The quantitative estimate of drug-likeness (QED) is 0.826. The van der Waals surface area contributed by atoms with Crippen molar-refractivity contribution in [1.82, 2.24) is 15.2 Å². The highest BCUT2D eigenvalue weighted by molar-refractivity contribution is 6.03. The van der Waals surface area contributed by atoms with Crippen LogP contribution in [0.25, 0.3) is 0 Å². The van der Waals surface area contributed by atoms with E-state index in [1.807, 2.05) is 0 Å². The first-order valence-corrected chi connectivity index (χ1v) is 5.18. The predicted molar refractivity (Wildman–Crippen MR) is 60.1 cm³/mol. The first-order chi connectivity index (χ1) is 8.01. The van der Waals surface area contributed by atoms with Crippen molar-refractivity contribution < 1.29 is 9.18 Å². The van der Waals surface area contributed by atoms with Crippen molar-refractivity contribution in [2.45, 2.75) is 19.3 Å². The number of carbonyl (C=O) groups excluding carboxylic acids is 1. The molecule has 0 atom stereocenters. The van der Waals surface area contributed by atoms with Gasteiger partial charge in [-0.2, -0.15) is 5.10 Å². The van der Waals surface area contributed by atoms with Crippen molar-refractivity contribution in [2.24, 2.45) is 0 Å². The number of aromatic nitrogens is 3. The summed E-state index contributed by atoms with van der Waals surface area (Å²) in [5.74, 6) is 0.0000893. The van der Waals surface area contributed by atoms with E-state index in [0.29, 0.717) is 11.4 Å². The lowest BCUT2D eigenvalue weighted by atomic mass is 9.83. The molecule has 0 aliphatic carbocycles. The Balaban J connectivity index is 2.34. The van der Waals surface area contributed by atoms with Gasteiger partial charge in [-0.15, -0.1) is 0 Å². The SMILES string of the molecule is CC(C)(C(=O)c1ccc(F)cc1)c1ncn[nH]1. The highest BCUT2D eigenvalue weighted by Crippen LogP contribution is 2.24. The highest BCUT2D eigenvalue weighted by atomic mass is 19.1. The molecule has 1 aromatic carbocycles. The minimum Gasteiger partial charge on any atom is -0.293 e. The fourth-order valence-electron chi connectivity index (χ4n) is 1.58. The summed E-state index contributed by atoms with van der Waals surface area (Å²) in [4.78, 5) is 16.3. The Bertz CT molecular complexity index is 517. The van der Waals surface area contributed by atoms with Gasteiger partial charge in [0.1, 0.15) is 18.0 Å². The summed E-state index contributed by atoms with van der Waals surface area (Å²) < 4.78 is 12.8. The maximum absolute atomic E-state index is 12.8. The fraction of sp³-hybridized carbons (Fsp3) is 0.250. The molecule has 5 heteroatoms. The molecule has 0 bridgehead atoms. The van der Waals surface area contributed by atoms with Crippen molar-refractivity contribution in [1.29, 1.82) is 0 Å². The van der Waals surface area contributed by atoms with Crippen LogP contribution in [0.1, 0.15) is 30.0 Å². The second kappa shape index (κ2) is 4.08. The number of benzene rings is 1. The Morgan fingerprint density at radius 3 is 2.47 bits per heavy atom. The zero-order chi connectivity index (χ0) is 12.5. The Morgan fingerprint density at radius 1 is 1.29 bits per heavy atom. The normalized spacial score (nSPS) is 11.5. The van der Waals surface area contributed by atoms with Crippen molar-refractivity contribution in [3.63, 3.8) is 0 Å². The summed E-state index contributed by atoms with van der Waals surface area (Å²) in [7, 11) is 0. The Kier molecular flexibility index (Phi) is 2.75. The highest BCUT2D eigenvalue weighted by Gasteiger charge is 2.33. The summed E-state index contributed by atoms with van der Waals surface area (Å²) in [5, 5.41) is 6.41. The monoisotopic (exact) mass is 233 g/mol. The van der Waals surface area contributed by atoms with Crippen molar-refractivity contribution >= 4 is 5.78 Å². The number of hydrogen-bond donors (Lipinski definition) is 1. The van der Waals surface area contributed by atoms with E-state index in [1.54, 1.807) is 13.8 Å². The van der Waals surface area contributed by atoms with Gasteiger partial charge >= 0.3 is 0 Å². The molecule has 88 valence electrons. The zero-order valence-electron chi connectivity index (χ0n) is 9.57. The predicted octanol–water partition coefficient (Wildman–Crippen LogP) is 2.10. The first kappa shape index (κ1) is 11.4. The third-order valence-corrected chi connectivity index (χ3v) is 2.68. The smallest absolute Gasteiger partial charge is 0.176 e. The Labute approximate surface area is 97.9 Å². The number of nitrogens with one attached hydrogen (secondary N) is 1. The van der Waals surface area contributed by atoms with Crippen LogP contribution in [-0.4, -0.2) is 21.0 Å². The van der Waals surface area contributed by atoms with E-state index < -0.39 is 5.41 Å². The van der Waals surface area contributed by atoms with E-state index in [-0.39, 0.29) is 11.6 Å². The number of halogens is 1. The molecule has 1 N–H and O–H groups in total. The van der Waals surface area contributed by atoms with E-state index in [0.717, 1.165) is 0 Å². The van der Waals surface area contributed by atoms with Crippen LogP contribution in [0.3, 0.4) is 0 Å². The van der Waals surface area contributed by atoms with Gasteiger partial charge in [0.05, 0.1) is 5.41 Å². The van der Waals surface area contributed by atoms with Gasteiger partial charge in [0, 0.05) is 5.56 Å². The summed E-state index contributed by atoms with van der Waals surface area (Å²) in [6.45, 7) is 3.50. The summed E-state index contributed by atoms with van der Waals surface area (Å²) in [6, 6.07) is 5.47. The fourth-order valence-corrected chi connectivity index (χ4v) is 1.58. The van der Waals surface area contributed by atoms with Gasteiger partial charge < -0.3 is 0 Å². The number of carbonyl (C=O) groups is 1. The van der Waals surface area contributed by atoms with E-state index in [2.05, 4.69) is 15.2 Å². The topological polar surface area (TPSA) is 58.6 Å². The van der Waals surface area contributed by atoms with Gasteiger partial charge in [-0.3, -0.25) is 9.89 Å². The maximum atomic E-state index is 12.8. The maximum Gasteiger partial charge on any atom is 0.176 e. The number of Topliss-reactive ketones (excluding diaryl/α,β-unsaturated/α-hetero) is 1. The molecule has 0 unspecified atom stereocenters. The average Bonchev–Trinajstić information content (AvgIpc) is 2.83. The lowest BCUT2D eigenvalue weighted by molar-refractivity contribution is 0.0903. The van der Waals surface area contributed by atoms with E-state index in [1.165, 1.54) is 30.6 Å². The van der Waals surface area contributed by atoms with Crippen LogP contribution < -0.4 is 0 Å². The molecule has 2 rings (SSSR count). The molecular weight excluding hydrogens is 221 g/mol. The standard InChI is InChI=1S/C12H12FN3O/c1-12(2,11-14-7-15-16-11)10(17)8-3-5-9(13)6-4-8/h3-7H,1-2H3,(H,14,15,16). The van der Waals surface area contributed by atoms with Gasteiger partial charge in [-0.25, -0.2) is 9.37 Å². The second-order valence-electron chi connectivity index (χ2n) is 4.30. The number of H-pyrrole nitrogens is 1. The van der Waals surface area contributed by atoms with Crippen molar-refractivity contribution in [3.05, 3.63) is 47.8 Å². The molecule has 4 nitrogen and oxygen atoms in total. The van der Waals surface area contributed by atoms with Crippen molar-refractivity contribution in [3.8, 4) is 0 Å². The molecule has 0 aliphatic rings. The molecule has 0 aliphatic heterocycles. The van der Waals surface area contributed by atoms with Crippen LogP contribution >= 0.6 is 0 Å². The summed E-state index contributed by atoms with van der Waals surface area (Å²) >= 11 is 0. The van der Waals surface area contributed by atoms with Crippen LogP contribution in [0.5, 0.6) is 0 Å². The van der Waals surface area contributed by atoms with Gasteiger partial charge in [-0.1, -0.05) is 0 Å². The largest absolute Gasteiger partial charge is 0.293 e. The molecule has 0 spiro atoms. The number of nitrogens with zero attached hydrogens (tertiary/aromatic N) is 2. The summed E-state index contributed by atoms with van der Waals surface area (Å²) in [5.41, 5.74) is -0.360. The number of rotatable bonds is 3. The molecule has 1 aromatic heterocycles. The average molecular weight is 233 g/mol. The van der Waals surface area contributed by atoms with Gasteiger partial charge in [0.25, 0.3) is 0 Å². The molecule has 0 amide bonds. The minimum absolute atomic E-state index is 0.130.